The third kappa shape index (κ3) is 5.22. The van der Waals surface area contributed by atoms with Crippen molar-refractivity contribution in [2.75, 3.05) is 20.1 Å². The number of alkyl halides is 3. The molecule has 1 saturated heterocycles. The number of halogens is 3. The second kappa shape index (κ2) is 8.18. The Morgan fingerprint density at radius 2 is 1.70 bits per heavy atom. The lowest BCUT2D eigenvalue weighted by Crippen LogP contribution is -2.45. The van der Waals surface area contributed by atoms with E-state index in [2.05, 4.69) is 0 Å². The van der Waals surface area contributed by atoms with Gasteiger partial charge in [-0.3, -0.25) is 4.79 Å². The van der Waals surface area contributed by atoms with Crippen LogP contribution in [0.25, 0.3) is 0 Å². The van der Waals surface area contributed by atoms with Gasteiger partial charge >= 0.3 is 12.1 Å². The van der Waals surface area contributed by atoms with Gasteiger partial charge in [0, 0.05) is 26.2 Å². The Morgan fingerprint density at radius 1 is 1.19 bits per heavy atom. The van der Waals surface area contributed by atoms with Crippen molar-refractivity contribution in [3.8, 4) is 0 Å². The molecule has 0 bridgehead atoms. The number of carbonyl (C=O) groups excluding carboxylic acids is 1. The predicted molar refractivity (Wildman–Crippen MR) is 95.6 cm³/mol. The van der Waals surface area contributed by atoms with Crippen molar-refractivity contribution >= 4 is 15.9 Å². The van der Waals surface area contributed by atoms with Crippen LogP contribution in [0, 0.1) is 5.92 Å². The van der Waals surface area contributed by atoms with Crippen LogP contribution >= 0.6 is 0 Å². The number of rotatable bonds is 5. The van der Waals surface area contributed by atoms with Gasteiger partial charge in [-0.15, -0.1) is 0 Å². The molecular weight excluding hydrogens is 381 g/mol. The van der Waals surface area contributed by atoms with Crippen LogP contribution in [0.15, 0.2) is 29.2 Å². The molecule has 0 unspecified atom stereocenters. The summed E-state index contributed by atoms with van der Waals surface area (Å²) >= 11 is 0. The molecule has 0 aliphatic carbocycles. The molecular formula is C18H25F3N2O3S. The van der Waals surface area contributed by atoms with Gasteiger partial charge in [0.15, 0.2) is 0 Å². The van der Waals surface area contributed by atoms with Gasteiger partial charge in [-0.1, -0.05) is 12.1 Å². The summed E-state index contributed by atoms with van der Waals surface area (Å²) in [6, 6.07) is 6.46. The fourth-order valence-corrected chi connectivity index (χ4v) is 4.46. The van der Waals surface area contributed by atoms with Crippen LogP contribution in [0.5, 0.6) is 0 Å². The van der Waals surface area contributed by atoms with Gasteiger partial charge in [0.1, 0.15) is 0 Å². The maximum absolute atomic E-state index is 12.5. The molecule has 0 aromatic heterocycles. The van der Waals surface area contributed by atoms with E-state index in [4.69, 9.17) is 0 Å². The smallest absolute Gasteiger partial charge is 0.335 e. The first-order chi connectivity index (χ1) is 12.4. The van der Waals surface area contributed by atoms with E-state index in [9.17, 15) is 26.4 Å². The average molecular weight is 406 g/mol. The van der Waals surface area contributed by atoms with Crippen molar-refractivity contribution in [2.45, 2.75) is 50.2 Å². The molecule has 9 heteroatoms. The average Bonchev–Trinajstić information content (AvgIpc) is 2.60. The third-order valence-electron chi connectivity index (χ3n) is 5.00. The Bertz CT molecular complexity index is 753. The van der Waals surface area contributed by atoms with Gasteiger partial charge in [0.25, 0.3) is 0 Å². The number of nitrogens with zero attached hydrogens (tertiary/aromatic N) is 2. The van der Waals surface area contributed by atoms with E-state index in [1.165, 1.54) is 11.4 Å². The van der Waals surface area contributed by atoms with E-state index >= 15 is 0 Å². The molecule has 0 saturated carbocycles. The summed E-state index contributed by atoms with van der Waals surface area (Å²) in [5, 5.41) is 0. The molecule has 152 valence electrons. The van der Waals surface area contributed by atoms with E-state index in [0.717, 1.165) is 10.5 Å². The fraction of sp³-hybridized carbons (Fsp3) is 0.611. The van der Waals surface area contributed by atoms with Crippen molar-refractivity contribution in [1.82, 2.24) is 9.21 Å². The number of hydrogen-bond donors (Lipinski definition) is 0. The molecule has 1 aromatic carbocycles. The normalized spacial score (nSPS) is 17.0. The summed E-state index contributed by atoms with van der Waals surface area (Å²) in [6.45, 7) is 3.77. The molecule has 0 spiro atoms. The molecule has 0 radical (unpaired) electrons. The van der Waals surface area contributed by atoms with E-state index in [1.807, 2.05) is 0 Å². The molecule has 5 nitrogen and oxygen atoms in total. The minimum Gasteiger partial charge on any atom is -0.335 e. The largest absolute Gasteiger partial charge is 0.471 e. The maximum atomic E-state index is 12.5. The maximum Gasteiger partial charge on any atom is 0.471 e. The van der Waals surface area contributed by atoms with Crippen LogP contribution in [-0.2, 0) is 21.2 Å². The first kappa shape index (κ1) is 21.7. The molecule has 1 amide bonds. The van der Waals surface area contributed by atoms with Gasteiger partial charge in [0.05, 0.1) is 4.90 Å². The van der Waals surface area contributed by atoms with Crippen LogP contribution in [-0.4, -0.2) is 55.9 Å². The van der Waals surface area contributed by atoms with Gasteiger partial charge in [0.2, 0.25) is 10.0 Å². The van der Waals surface area contributed by atoms with Crippen molar-refractivity contribution in [3.63, 3.8) is 0 Å². The Morgan fingerprint density at radius 3 is 2.15 bits per heavy atom. The topological polar surface area (TPSA) is 57.7 Å². The van der Waals surface area contributed by atoms with Crippen molar-refractivity contribution in [1.29, 1.82) is 0 Å². The van der Waals surface area contributed by atoms with Crippen molar-refractivity contribution < 1.29 is 26.4 Å². The lowest BCUT2D eigenvalue weighted by molar-refractivity contribution is -0.186. The summed E-state index contributed by atoms with van der Waals surface area (Å²) < 4.78 is 63.6. The van der Waals surface area contributed by atoms with Gasteiger partial charge in [-0.05, 0) is 56.7 Å². The molecule has 2 rings (SSSR count). The highest BCUT2D eigenvalue weighted by Gasteiger charge is 2.43. The fourth-order valence-electron chi connectivity index (χ4n) is 3.09. The highest BCUT2D eigenvalue weighted by Crippen LogP contribution is 2.26. The highest BCUT2D eigenvalue weighted by molar-refractivity contribution is 7.89. The zero-order valence-corrected chi connectivity index (χ0v) is 16.5. The zero-order valence-electron chi connectivity index (χ0n) is 15.7. The van der Waals surface area contributed by atoms with Gasteiger partial charge in [-0.25, -0.2) is 8.42 Å². The third-order valence-corrected chi connectivity index (χ3v) is 7.04. The molecule has 0 N–H and O–H groups in total. The van der Waals surface area contributed by atoms with Crippen molar-refractivity contribution in [3.05, 3.63) is 29.8 Å². The Hall–Kier alpha value is -1.61. The zero-order chi connectivity index (χ0) is 20.4. The standard InChI is InChI=1S/C18H25F3N2O3S/c1-13(2)22(3)27(25,26)16-6-4-14(5-7-16)12-15-8-10-23(11-9-15)17(24)18(19,20)21/h4-7,13,15H,8-12H2,1-3H3. The first-order valence-electron chi connectivity index (χ1n) is 8.86. The Kier molecular flexibility index (Phi) is 6.57. The first-order valence-corrected chi connectivity index (χ1v) is 10.3. The predicted octanol–water partition coefficient (Wildman–Crippen LogP) is 3.06. The van der Waals surface area contributed by atoms with Gasteiger partial charge in [-0.2, -0.15) is 17.5 Å². The number of benzene rings is 1. The Balaban J connectivity index is 1.96. The lowest BCUT2D eigenvalue weighted by atomic mass is 9.90. The van der Waals surface area contributed by atoms with Crippen molar-refractivity contribution in [2.24, 2.45) is 5.92 Å². The summed E-state index contributed by atoms with van der Waals surface area (Å²) in [4.78, 5) is 12.3. The number of likely N-dealkylation sites (tertiary alicyclic amines) is 1. The minimum absolute atomic E-state index is 0.0919. The Labute approximate surface area is 158 Å². The second-order valence-corrected chi connectivity index (χ2v) is 9.19. The SMILES string of the molecule is CC(C)N(C)S(=O)(=O)c1ccc(CC2CCN(C(=O)C(F)(F)F)CC2)cc1. The molecule has 1 aromatic rings. The molecule has 27 heavy (non-hydrogen) atoms. The summed E-state index contributed by atoms with van der Waals surface area (Å²) in [5.41, 5.74) is 0.932. The van der Waals surface area contributed by atoms with Crippen LogP contribution in [0.2, 0.25) is 0 Å². The number of carbonyl (C=O) groups is 1. The summed E-state index contributed by atoms with van der Waals surface area (Å²) in [5.74, 6) is -1.60. The molecule has 1 fully saturated rings. The molecule has 1 heterocycles. The molecule has 1 aliphatic rings. The van der Waals surface area contributed by atoms with Crippen LogP contribution in [0.1, 0.15) is 32.3 Å². The number of hydrogen-bond acceptors (Lipinski definition) is 3. The molecule has 1 aliphatic heterocycles. The summed E-state index contributed by atoms with van der Waals surface area (Å²) in [6.07, 6.45) is -3.18. The number of piperidine rings is 1. The van der Waals surface area contributed by atoms with Gasteiger partial charge < -0.3 is 4.90 Å². The number of amides is 1. The second-order valence-electron chi connectivity index (χ2n) is 7.20. The van der Waals surface area contributed by atoms with Crippen LogP contribution < -0.4 is 0 Å². The van der Waals surface area contributed by atoms with E-state index in [-0.39, 0.29) is 29.9 Å². The lowest BCUT2D eigenvalue weighted by Gasteiger charge is -2.32. The van der Waals surface area contributed by atoms with E-state index in [1.54, 1.807) is 38.1 Å². The highest BCUT2D eigenvalue weighted by atomic mass is 32.2. The van der Waals surface area contributed by atoms with Crippen LogP contribution in [0.3, 0.4) is 0 Å². The quantitative estimate of drug-likeness (QED) is 0.755. The van der Waals surface area contributed by atoms with E-state index in [0.29, 0.717) is 19.3 Å². The monoisotopic (exact) mass is 406 g/mol. The summed E-state index contributed by atoms with van der Waals surface area (Å²) in [7, 11) is -2.00. The van der Waals surface area contributed by atoms with E-state index < -0.39 is 22.1 Å². The molecule has 0 atom stereocenters. The number of sulfonamides is 1. The van der Waals surface area contributed by atoms with Crippen LogP contribution in [0.4, 0.5) is 13.2 Å². The minimum atomic E-state index is -4.82.